The Bertz CT molecular complexity index is 5110. The summed E-state index contributed by atoms with van der Waals surface area (Å²) in [4.78, 5) is 0. The molecule has 0 unspecified atom stereocenters. The molecule has 16 rings (SSSR count). The standard InChI is InChI=1S/C34H42.C28H34.C24H20.C20H23N/c1-25-21-32(12-8-4-6-10-28-14-16-30-18-20-34(30)24-28)26(2)22-31(25)11-7-3-5-9-27-13-15-29-17-19-33(29)23-27;1-5-7-9-11-13-23-24(14-12-10-8-6-2)28-20-22(4)16-18-26(28)25-17-15-21(3)19-27(23)25;1-15-21-5-3-4-6-22(21)16(2)24-14-20(11-12-23(15)24)19-10-8-17-7-9-18(17)13-19;1-4-5-6-7-12-21-19-10-8-15(2)13-17(19)18-14-16(3)9-11-20(18)21/h13-16,21-24H,3-12,17-20H2,1-2H3;5-6,15-20H,1-2,7-14H2,3-4H3;3-6,8,10-14H,7,9H2,1-2H3;4,8-11,13-14H,1,5-7,12H2,2-3H3. The van der Waals surface area contributed by atoms with Crippen LogP contribution in [0.4, 0.5) is 0 Å². The number of fused-ring (bicyclic) bond motifs is 11. The van der Waals surface area contributed by atoms with Gasteiger partial charge in [0.2, 0.25) is 0 Å². The highest BCUT2D eigenvalue weighted by atomic mass is 15.0. The summed E-state index contributed by atoms with van der Waals surface area (Å²) in [5, 5.41) is 14.0. The van der Waals surface area contributed by atoms with Crippen molar-refractivity contribution < 1.29 is 0 Å². The molecule has 0 saturated heterocycles. The quantitative estimate of drug-likeness (QED) is 0.0199. The van der Waals surface area contributed by atoms with E-state index < -0.39 is 0 Å². The smallest absolute Gasteiger partial charge is 0.0491 e. The second-order valence-electron chi connectivity index (χ2n) is 32.2. The van der Waals surface area contributed by atoms with Crippen molar-refractivity contribution in [3.8, 4) is 11.1 Å². The minimum absolute atomic E-state index is 1.08. The van der Waals surface area contributed by atoms with Crippen LogP contribution in [0.25, 0.3) is 76.0 Å². The summed E-state index contributed by atoms with van der Waals surface area (Å²) in [5.74, 6) is 0. The fourth-order valence-corrected chi connectivity index (χ4v) is 17.6. The van der Waals surface area contributed by atoms with Crippen LogP contribution in [0.3, 0.4) is 0 Å². The molecule has 0 atom stereocenters. The highest BCUT2D eigenvalue weighted by Crippen LogP contribution is 2.40. The monoisotopic (exact) mass is 1410 g/mol. The first-order chi connectivity index (χ1) is 52.2. The molecule has 3 aliphatic carbocycles. The first-order valence-electron chi connectivity index (χ1n) is 41.3. The molecule has 12 aromatic carbocycles. The van der Waals surface area contributed by atoms with E-state index in [1.54, 1.807) is 55.6 Å². The summed E-state index contributed by atoms with van der Waals surface area (Å²) in [5.41, 5.74) is 35.4. The highest BCUT2D eigenvalue weighted by Gasteiger charge is 2.20. The minimum atomic E-state index is 1.08. The lowest BCUT2D eigenvalue weighted by Crippen LogP contribution is -2.08. The van der Waals surface area contributed by atoms with Crippen LogP contribution < -0.4 is 0 Å². The van der Waals surface area contributed by atoms with Crippen LogP contribution in [0.5, 0.6) is 0 Å². The summed E-state index contributed by atoms with van der Waals surface area (Å²) in [6, 6.07) is 69.6. The molecule has 13 aromatic rings. The number of benzene rings is 12. The SMILES string of the molecule is C=CCCCCc1c(CCCCC=C)c2cc(C)ccc2c2ccc(C)cc12.C=CCCCCn1c2ccc(C)cc2c2cc(C)ccc21.Cc1c2ccccc2c(C)c2cc(-c3ccc4c(c3)CC4)ccc12.Cc1cc(CCCCCc2ccc3c(c2)CC3)c(C)cc1CCCCCc1ccc2c(c1)CC2. The number of aromatic nitrogens is 1. The highest BCUT2D eigenvalue weighted by molar-refractivity contribution is 6.12. The van der Waals surface area contributed by atoms with E-state index in [9.17, 15) is 0 Å². The first-order valence-corrected chi connectivity index (χ1v) is 41.3. The zero-order chi connectivity index (χ0) is 74.3. The lowest BCUT2D eigenvalue weighted by Gasteiger charge is -2.20. The van der Waals surface area contributed by atoms with E-state index in [4.69, 9.17) is 0 Å². The lowest BCUT2D eigenvalue weighted by atomic mass is 9.85. The molecular formula is C106H119N. The molecule has 1 nitrogen and oxygen atoms in total. The van der Waals surface area contributed by atoms with Crippen molar-refractivity contribution in [2.24, 2.45) is 0 Å². The summed E-state index contributed by atoms with van der Waals surface area (Å²) in [6.45, 7) is 30.6. The van der Waals surface area contributed by atoms with E-state index in [0.29, 0.717) is 0 Å². The summed E-state index contributed by atoms with van der Waals surface area (Å²) in [6.07, 6.45) is 39.6. The van der Waals surface area contributed by atoms with Crippen molar-refractivity contribution in [1.29, 1.82) is 0 Å². The zero-order valence-corrected chi connectivity index (χ0v) is 66.4. The van der Waals surface area contributed by atoms with Crippen LogP contribution in [0, 0.1) is 55.4 Å². The number of hydrogen-bond acceptors (Lipinski definition) is 0. The van der Waals surface area contributed by atoms with Gasteiger partial charge in [-0.25, -0.2) is 0 Å². The molecule has 0 amide bonds. The molecule has 107 heavy (non-hydrogen) atoms. The molecule has 0 spiro atoms. The van der Waals surface area contributed by atoms with Crippen LogP contribution in [0.15, 0.2) is 220 Å². The van der Waals surface area contributed by atoms with Crippen LogP contribution in [0.1, 0.15) is 208 Å². The molecule has 1 heterocycles. The largest absolute Gasteiger partial charge is 0.340 e. The van der Waals surface area contributed by atoms with Crippen molar-refractivity contribution in [3.63, 3.8) is 0 Å². The molecule has 0 aliphatic heterocycles. The number of allylic oxidation sites excluding steroid dienone is 3. The van der Waals surface area contributed by atoms with E-state index >= 15 is 0 Å². The van der Waals surface area contributed by atoms with Gasteiger partial charge in [-0.05, 0) is 389 Å². The Morgan fingerprint density at radius 3 is 1.10 bits per heavy atom. The van der Waals surface area contributed by atoms with Crippen molar-refractivity contribution in [3.05, 3.63) is 331 Å². The van der Waals surface area contributed by atoms with Crippen molar-refractivity contribution in [2.75, 3.05) is 0 Å². The van der Waals surface area contributed by atoms with Crippen molar-refractivity contribution >= 4 is 64.9 Å². The molecule has 0 N–H and O–H groups in total. The Morgan fingerprint density at radius 2 is 0.654 bits per heavy atom. The summed E-state index contributed by atoms with van der Waals surface area (Å²) >= 11 is 0. The van der Waals surface area contributed by atoms with Gasteiger partial charge in [0.05, 0.1) is 0 Å². The molecule has 1 aromatic heterocycles. The van der Waals surface area contributed by atoms with Crippen LogP contribution in [-0.2, 0) is 83.6 Å². The van der Waals surface area contributed by atoms with Gasteiger partial charge in [0.25, 0.3) is 0 Å². The second kappa shape index (κ2) is 36.1. The van der Waals surface area contributed by atoms with Gasteiger partial charge in [-0.3, -0.25) is 0 Å². The maximum atomic E-state index is 3.88. The number of aryl methyl sites for hydroxylation is 21. The topological polar surface area (TPSA) is 4.93 Å². The van der Waals surface area contributed by atoms with Gasteiger partial charge in [0.15, 0.2) is 0 Å². The molecule has 3 aliphatic rings. The van der Waals surface area contributed by atoms with E-state index in [2.05, 4.69) is 262 Å². The van der Waals surface area contributed by atoms with Gasteiger partial charge in [0.1, 0.15) is 0 Å². The van der Waals surface area contributed by atoms with Gasteiger partial charge in [-0.2, -0.15) is 0 Å². The number of unbranched alkanes of at least 4 members (excludes halogenated alkanes) is 10. The molecular weight excluding hydrogens is 1290 g/mol. The number of nitrogens with zero attached hydrogens (tertiary/aromatic N) is 1. The predicted molar refractivity (Wildman–Crippen MR) is 469 cm³/mol. The molecule has 0 fully saturated rings. The normalized spacial score (nSPS) is 12.4. The van der Waals surface area contributed by atoms with Crippen LogP contribution in [-0.4, -0.2) is 4.57 Å². The van der Waals surface area contributed by atoms with Crippen LogP contribution >= 0.6 is 0 Å². The number of rotatable bonds is 28. The van der Waals surface area contributed by atoms with E-state index in [1.807, 2.05) is 18.2 Å². The van der Waals surface area contributed by atoms with E-state index in [0.717, 1.165) is 38.6 Å². The molecule has 548 valence electrons. The Labute approximate surface area is 643 Å². The van der Waals surface area contributed by atoms with Gasteiger partial charge in [-0.15, -0.1) is 19.7 Å². The molecule has 0 radical (unpaired) electrons. The zero-order valence-electron chi connectivity index (χ0n) is 66.4. The molecule has 0 saturated carbocycles. The van der Waals surface area contributed by atoms with Crippen molar-refractivity contribution in [2.45, 2.75) is 235 Å². The third-order valence-electron chi connectivity index (χ3n) is 24.3. The third-order valence-corrected chi connectivity index (χ3v) is 24.3. The number of hydrogen-bond donors (Lipinski definition) is 0. The van der Waals surface area contributed by atoms with Crippen molar-refractivity contribution in [1.82, 2.24) is 4.57 Å². The maximum Gasteiger partial charge on any atom is 0.0491 e. The molecule has 1 heteroatoms. The van der Waals surface area contributed by atoms with Gasteiger partial charge in [0, 0.05) is 28.4 Å². The Morgan fingerprint density at radius 1 is 0.280 bits per heavy atom. The van der Waals surface area contributed by atoms with Crippen LogP contribution in [0.2, 0.25) is 0 Å². The fraction of sp³-hybridized carbons (Fsp3) is 0.340. The van der Waals surface area contributed by atoms with E-state index in [-0.39, 0.29) is 0 Å². The average Bonchev–Trinajstić information content (AvgIpc) is 1.59. The minimum Gasteiger partial charge on any atom is -0.340 e. The Balaban J connectivity index is 0.000000128. The lowest BCUT2D eigenvalue weighted by molar-refractivity contribution is 0.642. The van der Waals surface area contributed by atoms with Gasteiger partial charge < -0.3 is 4.57 Å². The van der Waals surface area contributed by atoms with Gasteiger partial charge >= 0.3 is 0 Å². The predicted octanol–water partition coefficient (Wildman–Crippen LogP) is 29.0. The third kappa shape index (κ3) is 18.1. The van der Waals surface area contributed by atoms with Gasteiger partial charge in [-0.1, -0.05) is 205 Å². The Hall–Kier alpha value is -9.30. The summed E-state index contributed by atoms with van der Waals surface area (Å²) < 4.78 is 2.48. The molecule has 0 bridgehead atoms. The Kier molecular flexibility index (Phi) is 25.6. The second-order valence-corrected chi connectivity index (χ2v) is 32.2. The van der Waals surface area contributed by atoms with E-state index in [1.165, 1.54) is 273 Å². The summed E-state index contributed by atoms with van der Waals surface area (Å²) in [7, 11) is 0. The first kappa shape index (κ1) is 75.9. The maximum absolute atomic E-state index is 3.88. The average molecular weight is 1410 g/mol. The fourth-order valence-electron chi connectivity index (χ4n) is 17.6.